The fourth-order valence-corrected chi connectivity index (χ4v) is 0.651. The number of carboxylic acids is 1. The van der Waals surface area contributed by atoms with Crippen LogP contribution in [0.25, 0.3) is 0 Å². The van der Waals surface area contributed by atoms with Crippen LogP contribution in [0.3, 0.4) is 0 Å². The molecule has 0 spiro atoms. The zero-order valence-electron chi connectivity index (χ0n) is 8.94. The molecule has 1 unspecified atom stereocenters. The molecule has 0 bridgehead atoms. The number of carbonyl (C=O) groups is 1. The van der Waals surface area contributed by atoms with Crippen LogP contribution in [0.1, 0.15) is 32.6 Å². The van der Waals surface area contributed by atoms with Crippen LogP contribution in [0.4, 0.5) is 0 Å². The predicted octanol–water partition coefficient (Wildman–Crippen LogP) is 0.995. The molecule has 0 saturated carbocycles. The summed E-state index contributed by atoms with van der Waals surface area (Å²) in [6.07, 6.45) is 3.56. The molecule has 0 heterocycles. The van der Waals surface area contributed by atoms with Gasteiger partial charge in [0.2, 0.25) is 0 Å². The minimum absolute atomic E-state index is 0.431. The molecule has 5 nitrogen and oxygen atoms in total. The van der Waals surface area contributed by atoms with Gasteiger partial charge in [-0.05, 0) is 12.8 Å². The molecule has 0 aromatic rings. The van der Waals surface area contributed by atoms with E-state index in [1.807, 2.05) is 0 Å². The number of hydrogen-bond donors (Lipinski definition) is 3. The van der Waals surface area contributed by atoms with Gasteiger partial charge in [0.25, 0.3) is 0 Å². The van der Waals surface area contributed by atoms with Gasteiger partial charge in [-0.25, -0.2) is 4.79 Å². The topological polar surface area (TPSA) is 107 Å². The van der Waals surface area contributed by atoms with Gasteiger partial charge in [0.05, 0.1) is 0 Å². The van der Waals surface area contributed by atoms with E-state index in [9.17, 15) is 4.79 Å². The summed E-state index contributed by atoms with van der Waals surface area (Å²) in [6.45, 7) is 5.04. The molecule has 15 heavy (non-hydrogen) atoms. The van der Waals surface area contributed by atoms with E-state index in [1.165, 1.54) is 18.9 Å². The van der Waals surface area contributed by atoms with Crippen molar-refractivity contribution in [2.45, 2.75) is 38.8 Å². The third-order valence-corrected chi connectivity index (χ3v) is 1.50. The van der Waals surface area contributed by atoms with E-state index >= 15 is 0 Å². The monoisotopic (exact) mass is 214 g/mol. The Morgan fingerprint density at radius 3 is 2.33 bits per heavy atom. The van der Waals surface area contributed by atoms with E-state index < -0.39 is 17.8 Å². The van der Waals surface area contributed by atoms with E-state index in [-0.39, 0.29) is 0 Å². The lowest BCUT2D eigenvalue weighted by Crippen LogP contribution is -2.17. The van der Waals surface area contributed by atoms with Gasteiger partial charge in [0.15, 0.2) is 0 Å². The van der Waals surface area contributed by atoms with Crippen LogP contribution in [0.5, 0.6) is 0 Å². The summed E-state index contributed by atoms with van der Waals surface area (Å²) in [4.78, 5) is 9.61. The Balaban J connectivity index is 0. The molecule has 0 aliphatic heterocycles. The number of nitrogens with two attached hydrogens (primary N) is 1. The van der Waals surface area contributed by atoms with Crippen molar-refractivity contribution in [3.8, 4) is 6.07 Å². The Morgan fingerprint density at radius 2 is 2.13 bits per heavy atom. The molecular formula is C10H18N2O3. The first kappa shape index (κ1) is 16.1. The van der Waals surface area contributed by atoms with Crippen LogP contribution in [-0.4, -0.2) is 22.4 Å². The highest BCUT2D eigenvalue weighted by Gasteiger charge is 1.97. The van der Waals surface area contributed by atoms with Crippen LogP contribution in [-0.2, 0) is 4.79 Å². The molecule has 1 atom stereocenters. The van der Waals surface area contributed by atoms with Crippen molar-refractivity contribution >= 4 is 5.97 Å². The number of aliphatic hydroxyl groups is 1. The van der Waals surface area contributed by atoms with Crippen molar-refractivity contribution in [3.05, 3.63) is 12.2 Å². The minimum Gasteiger partial charge on any atom is -0.477 e. The van der Waals surface area contributed by atoms with Gasteiger partial charge in [-0.2, -0.15) is 5.26 Å². The van der Waals surface area contributed by atoms with E-state index in [0.29, 0.717) is 0 Å². The smallest absolute Gasteiger partial charge is 0.345 e. The molecular weight excluding hydrogens is 196 g/mol. The normalized spacial score (nSPS) is 10.5. The fourth-order valence-electron chi connectivity index (χ4n) is 0.651. The zero-order chi connectivity index (χ0) is 12.3. The Morgan fingerprint density at radius 1 is 1.60 bits per heavy atom. The van der Waals surface area contributed by atoms with Crippen LogP contribution in [0, 0.1) is 11.3 Å². The van der Waals surface area contributed by atoms with Gasteiger partial charge in [-0.15, -0.1) is 0 Å². The number of rotatable bonds is 5. The molecule has 0 radical (unpaired) electrons. The molecule has 0 aromatic carbocycles. The first-order valence-corrected chi connectivity index (χ1v) is 4.71. The largest absolute Gasteiger partial charge is 0.477 e. The minimum atomic E-state index is -1.26. The molecule has 0 aromatic heterocycles. The van der Waals surface area contributed by atoms with Gasteiger partial charge in [0, 0.05) is 0 Å². The SMILES string of the molecule is C=C(C#N)C(=O)O.CCCCCC(N)O. The third kappa shape index (κ3) is 15.4. The van der Waals surface area contributed by atoms with Gasteiger partial charge in [-0.3, -0.25) is 0 Å². The van der Waals surface area contributed by atoms with Crippen molar-refractivity contribution in [2.75, 3.05) is 0 Å². The first-order valence-electron chi connectivity index (χ1n) is 4.71. The van der Waals surface area contributed by atoms with Gasteiger partial charge < -0.3 is 15.9 Å². The summed E-state index contributed by atoms with van der Waals surface area (Å²) in [7, 11) is 0. The lowest BCUT2D eigenvalue weighted by atomic mass is 10.2. The van der Waals surface area contributed by atoms with E-state index in [0.717, 1.165) is 12.8 Å². The number of nitriles is 1. The van der Waals surface area contributed by atoms with Crippen molar-refractivity contribution in [2.24, 2.45) is 5.73 Å². The number of aliphatic hydroxyl groups excluding tert-OH is 1. The predicted molar refractivity (Wildman–Crippen MR) is 56.7 cm³/mol. The molecule has 0 aliphatic carbocycles. The maximum atomic E-state index is 9.61. The highest BCUT2D eigenvalue weighted by atomic mass is 16.4. The Bertz CT molecular complexity index is 231. The Kier molecular flexibility index (Phi) is 11.5. The maximum Gasteiger partial charge on any atom is 0.345 e. The summed E-state index contributed by atoms with van der Waals surface area (Å²) < 4.78 is 0. The fraction of sp³-hybridized carbons (Fsp3) is 0.600. The zero-order valence-corrected chi connectivity index (χ0v) is 8.94. The third-order valence-electron chi connectivity index (χ3n) is 1.50. The van der Waals surface area contributed by atoms with Crippen molar-refractivity contribution in [1.82, 2.24) is 0 Å². The van der Waals surface area contributed by atoms with Gasteiger partial charge in [0.1, 0.15) is 17.9 Å². The standard InChI is InChI=1S/C6H15NO.C4H3NO2/c1-2-3-4-5-6(7)8;1-3(2-5)4(6)7/h6,8H,2-5,7H2,1H3;1H2,(H,6,7). The summed E-state index contributed by atoms with van der Waals surface area (Å²) in [5, 5.41) is 24.2. The second-order valence-electron chi connectivity index (χ2n) is 2.96. The second kappa shape index (κ2) is 10.7. The van der Waals surface area contributed by atoms with Crippen LogP contribution < -0.4 is 5.73 Å². The van der Waals surface area contributed by atoms with Crippen molar-refractivity contribution in [3.63, 3.8) is 0 Å². The van der Waals surface area contributed by atoms with E-state index in [1.54, 1.807) is 0 Å². The summed E-state index contributed by atoms with van der Waals surface area (Å²) in [5.74, 6) is -1.26. The molecule has 4 N–H and O–H groups in total. The van der Waals surface area contributed by atoms with Gasteiger partial charge in [-0.1, -0.05) is 26.3 Å². The van der Waals surface area contributed by atoms with Gasteiger partial charge >= 0.3 is 5.97 Å². The first-order chi connectivity index (χ1) is 6.95. The number of hydrogen-bond acceptors (Lipinski definition) is 4. The van der Waals surface area contributed by atoms with E-state index in [2.05, 4.69) is 13.5 Å². The Labute approximate surface area is 89.8 Å². The summed E-state index contributed by atoms with van der Waals surface area (Å²) in [5.41, 5.74) is 4.66. The molecule has 0 rings (SSSR count). The number of unbranched alkanes of at least 4 members (excludes halogenated alkanes) is 2. The Hall–Kier alpha value is -1.38. The molecule has 86 valence electrons. The number of aliphatic carboxylic acids is 1. The highest BCUT2D eigenvalue weighted by molar-refractivity contribution is 5.90. The molecule has 0 aliphatic rings. The quantitative estimate of drug-likeness (QED) is 0.274. The average Bonchev–Trinajstić information content (AvgIpc) is 2.17. The maximum absolute atomic E-state index is 9.61. The average molecular weight is 214 g/mol. The summed E-state index contributed by atoms with van der Waals surface area (Å²) in [6, 6.07) is 1.37. The lowest BCUT2D eigenvalue weighted by Gasteiger charge is -2.00. The number of nitrogens with zero attached hydrogens (tertiary/aromatic N) is 1. The van der Waals surface area contributed by atoms with Crippen LogP contribution in [0.15, 0.2) is 12.2 Å². The van der Waals surface area contributed by atoms with Crippen molar-refractivity contribution < 1.29 is 15.0 Å². The molecule has 0 amide bonds. The van der Waals surface area contributed by atoms with Crippen molar-refractivity contribution in [1.29, 1.82) is 5.26 Å². The molecule has 0 fully saturated rings. The molecule has 0 saturated heterocycles. The van der Waals surface area contributed by atoms with E-state index in [4.69, 9.17) is 21.2 Å². The van der Waals surface area contributed by atoms with Crippen LogP contribution >= 0.6 is 0 Å². The second-order valence-corrected chi connectivity index (χ2v) is 2.96. The highest BCUT2D eigenvalue weighted by Crippen LogP contribution is 1.98. The number of carboxylic acid groups (broad SMARTS) is 1. The molecule has 5 heteroatoms. The lowest BCUT2D eigenvalue weighted by molar-refractivity contribution is -0.132. The van der Waals surface area contributed by atoms with Crippen LogP contribution in [0.2, 0.25) is 0 Å². The summed E-state index contributed by atoms with van der Waals surface area (Å²) >= 11 is 0.